The minimum Gasteiger partial charge on any atom is -0.493 e. The third-order valence-electron chi connectivity index (χ3n) is 4.47. The monoisotopic (exact) mass is 337 g/mol. The van der Waals surface area contributed by atoms with Gasteiger partial charge in [0.25, 0.3) is 0 Å². The summed E-state index contributed by atoms with van der Waals surface area (Å²) < 4.78 is 28.5. The van der Waals surface area contributed by atoms with Crippen LogP contribution in [0.3, 0.4) is 0 Å². The normalized spacial score (nSPS) is 24.5. The fourth-order valence-corrected chi connectivity index (χ4v) is 4.65. The Balaban J connectivity index is 1.56. The average molecular weight is 337 g/mol. The van der Waals surface area contributed by atoms with Gasteiger partial charge >= 0.3 is 0 Å². The molecule has 0 aromatic heterocycles. The number of aliphatic imine (C=N–C) groups is 1. The highest BCUT2D eigenvalue weighted by Gasteiger charge is 2.24. The molecule has 1 atom stereocenters. The number of hydrogen-bond acceptors (Lipinski definition) is 4. The van der Waals surface area contributed by atoms with Gasteiger partial charge in [-0.3, -0.25) is 4.99 Å². The second-order valence-corrected chi connectivity index (χ2v) is 8.50. The van der Waals surface area contributed by atoms with E-state index in [9.17, 15) is 8.42 Å². The topological polar surface area (TPSA) is 93.8 Å². The van der Waals surface area contributed by atoms with Gasteiger partial charge in [-0.25, -0.2) is 8.42 Å². The number of nitrogens with one attached hydrogen (secondary N) is 1. The average Bonchev–Trinajstić information content (AvgIpc) is 2.54. The van der Waals surface area contributed by atoms with E-state index in [1.165, 1.54) is 0 Å². The van der Waals surface area contributed by atoms with Gasteiger partial charge in [0.2, 0.25) is 0 Å². The molecule has 1 saturated heterocycles. The lowest BCUT2D eigenvalue weighted by Crippen LogP contribution is -2.38. The minimum absolute atomic E-state index is 0.107. The molecule has 23 heavy (non-hydrogen) atoms. The van der Waals surface area contributed by atoms with Crippen LogP contribution in [0.25, 0.3) is 0 Å². The molecule has 0 amide bonds. The Kier molecular flexibility index (Phi) is 4.75. The number of nitrogens with two attached hydrogens (primary N) is 1. The molecule has 2 aliphatic heterocycles. The number of benzene rings is 1. The van der Waals surface area contributed by atoms with E-state index >= 15 is 0 Å². The number of guanidine groups is 1. The van der Waals surface area contributed by atoms with Crippen molar-refractivity contribution >= 4 is 15.8 Å². The molecule has 3 rings (SSSR count). The molecule has 126 valence electrons. The van der Waals surface area contributed by atoms with Crippen LogP contribution >= 0.6 is 0 Å². The van der Waals surface area contributed by atoms with Crippen molar-refractivity contribution < 1.29 is 13.2 Å². The molecule has 6 nitrogen and oxygen atoms in total. The summed E-state index contributed by atoms with van der Waals surface area (Å²) in [4.78, 5) is 4.41. The summed E-state index contributed by atoms with van der Waals surface area (Å²) in [7, 11) is -2.82. The highest BCUT2D eigenvalue weighted by molar-refractivity contribution is 7.91. The maximum absolute atomic E-state index is 11.4. The van der Waals surface area contributed by atoms with Crippen LogP contribution in [0, 0.1) is 5.92 Å². The Labute approximate surface area is 137 Å². The van der Waals surface area contributed by atoms with Crippen LogP contribution in [0.2, 0.25) is 0 Å². The van der Waals surface area contributed by atoms with Gasteiger partial charge in [-0.1, -0.05) is 18.2 Å². The van der Waals surface area contributed by atoms with Crippen molar-refractivity contribution in [2.24, 2.45) is 16.6 Å². The van der Waals surface area contributed by atoms with Crippen LogP contribution in [0.1, 0.15) is 30.9 Å². The summed E-state index contributed by atoms with van der Waals surface area (Å²) in [6.07, 6.45) is 2.20. The molecule has 0 saturated carbocycles. The van der Waals surface area contributed by atoms with Crippen molar-refractivity contribution in [3.63, 3.8) is 0 Å². The zero-order chi connectivity index (χ0) is 16.3. The van der Waals surface area contributed by atoms with Gasteiger partial charge in [0, 0.05) is 18.5 Å². The van der Waals surface area contributed by atoms with Crippen molar-refractivity contribution in [1.29, 1.82) is 0 Å². The van der Waals surface area contributed by atoms with Crippen LogP contribution < -0.4 is 15.8 Å². The predicted octanol–water partition coefficient (Wildman–Crippen LogP) is 1.24. The molecule has 1 unspecified atom stereocenters. The maximum atomic E-state index is 11.4. The molecule has 0 spiro atoms. The van der Waals surface area contributed by atoms with E-state index in [0.717, 1.165) is 17.7 Å². The van der Waals surface area contributed by atoms with E-state index in [1.807, 2.05) is 24.3 Å². The Bertz CT molecular complexity index is 674. The van der Waals surface area contributed by atoms with Crippen LogP contribution in [0.5, 0.6) is 5.75 Å². The molecule has 3 N–H and O–H groups in total. The summed E-state index contributed by atoms with van der Waals surface area (Å²) in [6, 6.07) is 8.04. The maximum Gasteiger partial charge on any atom is 0.189 e. The zero-order valence-electron chi connectivity index (χ0n) is 13.1. The van der Waals surface area contributed by atoms with Gasteiger partial charge in [-0.05, 0) is 24.8 Å². The Morgan fingerprint density at radius 2 is 2.00 bits per heavy atom. The van der Waals surface area contributed by atoms with Crippen LogP contribution in [-0.4, -0.2) is 39.0 Å². The lowest BCUT2D eigenvalue weighted by molar-refractivity contribution is 0.262. The van der Waals surface area contributed by atoms with Crippen molar-refractivity contribution in [3.05, 3.63) is 29.8 Å². The van der Waals surface area contributed by atoms with Gasteiger partial charge in [0.05, 0.1) is 24.2 Å². The van der Waals surface area contributed by atoms with Crippen LogP contribution in [0.15, 0.2) is 29.3 Å². The first-order valence-corrected chi connectivity index (χ1v) is 9.84. The number of hydrogen-bond donors (Lipinski definition) is 2. The molecule has 1 aromatic rings. The standard InChI is InChI=1S/C16H23N3O3S/c17-16(18-11-12-6-9-23(20,21)10-7-12)19-14-5-8-22-15-4-2-1-3-13(14)15/h1-4,12,14H,5-11H2,(H3,17,18,19). The summed E-state index contributed by atoms with van der Waals surface area (Å²) in [5.74, 6) is 2.16. The largest absolute Gasteiger partial charge is 0.493 e. The molecule has 1 fully saturated rings. The fourth-order valence-electron chi connectivity index (χ4n) is 3.07. The van der Waals surface area contributed by atoms with Gasteiger partial charge in [0.1, 0.15) is 15.6 Å². The summed E-state index contributed by atoms with van der Waals surface area (Å²) in [5.41, 5.74) is 7.11. The third kappa shape index (κ3) is 4.16. The Morgan fingerprint density at radius 1 is 1.26 bits per heavy atom. The SMILES string of the molecule is NC(=NCC1CCS(=O)(=O)CC1)NC1CCOc2ccccc21. The predicted molar refractivity (Wildman–Crippen MR) is 90.3 cm³/mol. The zero-order valence-corrected chi connectivity index (χ0v) is 13.9. The van der Waals surface area contributed by atoms with E-state index < -0.39 is 9.84 Å². The lowest BCUT2D eigenvalue weighted by atomic mass is 10.0. The second-order valence-electron chi connectivity index (χ2n) is 6.19. The molecular weight excluding hydrogens is 314 g/mol. The number of sulfone groups is 1. The number of nitrogens with zero attached hydrogens (tertiary/aromatic N) is 1. The number of rotatable bonds is 3. The van der Waals surface area contributed by atoms with Crippen molar-refractivity contribution in [1.82, 2.24) is 5.32 Å². The van der Waals surface area contributed by atoms with Crippen molar-refractivity contribution in [2.75, 3.05) is 24.7 Å². The van der Waals surface area contributed by atoms with E-state index in [2.05, 4.69) is 10.3 Å². The molecule has 2 aliphatic rings. The van der Waals surface area contributed by atoms with Crippen LogP contribution in [0.4, 0.5) is 0 Å². The highest BCUT2D eigenvalue weighted by atomic mass is 32.2. The molecule has 2 heterocycles. The molecular formula is C16H23N3O3S. The molecule has 1 aromatic carbocycles. The Morgan fingerprint density at radius 3 is 2.78 bits per heavy atom. The number of ether oxygens (including phenoxy) is 1. The van der Waals surface area contributed by atoms with E-state index in [0.29, 0.717) is 37.9 Å². The van der Waals surface area contributed by atoms with E-state index in [4.69, 9.17) is 10.5 Å². The fraction of sp³-hybridized carbons (Fsp3) is 0.562. The Hall–Kier alpha value is -1.76. The van der Waals surface area contributed by atoms with E-state index in [1.54, 1.807) is 0 Å². The lowest BCUT2D eigenvalue weighted by Gasteiger charge is -2.27. The number of fused-ring (bicyclic) bond motifs is 1. The van der Waals surface area contributed by atoms with Crippen molar-refractivity contribution in [2.45, 2.75) is 25.3 Å². The quantitative estimate of drug-likeness (QED) is 0.639. The molecule has 0 bridgehead atoms. The van der Waals surface area contributed by atoms with Crippen molar-refractivity contribution in [3.8, 4) is 5.75 Å². The number of para-hydroxylation sites is 1. The van der Waals surface area contributed by atoms with Gasteiger partial charge in [-0.2, -0.15) is 0 Å². The first-order chi connectivity index (χ1) is 11.0. The van der Waals surface area contributed by atoms with Crippen LogP contribution in [-0.2, 0) is 9.84 Å². The molecule has 0 aliphatic carbocycles. The molecule has 7 heteroatoms. The summed E-state index contributed by atoms with van der Waals surface area (Å²) >= 11 is 0. The van der Waals surface area contributed by atoms with Gasteiger partial charge < -0.3 is 15.8 Å². The summed E-state index contributed by atoms with van der Waals surface area (Å²) in [5, 5.41) is 3.26. The van der Waals surface area contributed by atoms with E-state index in [-0.39, 0.29) is 17.5 Å². The first-order valence-electron chi connectivity index (χ1n) is 8.02. The smallest absolute Gasteiger partial charge is 0.189 e. The van der Waals surface area contributed by atoms with Gasteiger partial charge in [0.15, 0.2) is 5.96 Å². The first kappa shape index (κ1) is 16.1. The second kappa shape index (κ2) is 6.78. The highest BCUT2D eigenvalue weighted by Crippen LogP contribution is 2.31. The summed E-state index contributed by atoms with van der Waals surface area (Å²) in [6.45, 7) is 1.24. The van der Waals surface area contributed by atoms with Gasteiger partial charge in [-0.15, -0.1) is 0 Å². The molecule has 0 radical (unpaired) electrons. The third-order valence-corrected chi connectivity index (χ3v) is 6.19. The minimum atomic E-state index is -2.82.